The topological polar surface area (TPSA) is 108 Å². The monoisotopic (exact) mass is 538 g/mol. The molecule has 0 saturated carbocycles. The van der Waals surface area contributed by atoms with Gasteiger partial charge in [-0.05, 0) is 78.9 Å². The Morgan fingerprint density at radius 3 is 2.34 bits per heavy atom. The van der Waals surface area contributed by atoms with Gasteiger partial charge in [0.1, 0.15) is 5.75 Å². The summed E-state index contributed by atoms with van der Waals surface area (Å²) in [5.74, 6) is 0.970. The minimum atomic E-state index is 0. The molecule has 1 aliphatic rings. The predicted molar refractivity (Wildman–Crippen MR) is 163 cm³/mol. The Kier molecular flexibility index (Phi) is 12.1. The van der Waals surface area contributed by atoms with E-state index in [1.54, 1.807) is 11.8 Å². The second kappa shape index (κ2) is 14.8. The van der Waals surface area contributed by atoms with Gasteiger partial charge in [-0.25, -0.2) is 0 Å². The van der Waals surface area contributed by atoms with Gasteiger partial charge in [0, 0.05) is 43.6 Å². The molecule has 4 aromatic carbocycles. The summed E-state index contributed by atoms with van der Waals surface area (Å²) < 4.78 is 6.24. The minimum absolute atomic E-state index is 0. The Bertz CT molecular complexity index is 1300. The highest BCUT2D eigenvalue weighted by molar-refractivity contribution is 7.98. The fourth-order valence-electron chi connectivity index (χ4n) is 4.72. The SMILES string of the molecule is CO.CSc1ccc(CNC(C)c2ccc3c(c2)OCCCN3c2ccc(C)c3ccccc23)cc1.O.O.[HH]. The van der Waals surface area contributed by atoms with E-state index < -0.39 is 0 Å². The second-order valence-corrected chi connectivity index (χ2v) is 9.86. The average Bonchev–Trinajstić information content (AvgIpc) is 3.15. The predicted octanol–water partition coefficient (Wildman–Crippen LogP) is 5.85. The quantitative estimate of drug-likeness (QED) is 0.300. The molecular formula is C31H42N2O4S. The Morgan fingerprint density at radius 2 is 1.63 bits per heavy atom. The van der Waals surface area contributed by atoms with E-state index in [0.29, 0.717) is 0 Å². The zero-order valence-electron chi connectivity index (χ0n) is 22.6. The third-order valence-corrected chi connectivity index (χ3v) is 7.48. The third-order valence-electron chi connectivity index (χ3n) is 6.74. The van der Waals surface area contributed by atoms with Crippen LogP contribution in [-0.4, -0.2) is 42.6 Å². The highest BCUT2D eigenvalue weighted by Crippen LogP contribution is 2.41. The van der Waals surface area contributed by atoms with E-state index in [1.807, 2.05) is 0 Å². The van der Waals surface area contributed by atoms with Gasteiger partial charge in [-0.3, -0.25) is 0 Å². The maximum Gasteiger partial charge on any atom is 0.143 e. The normalized spacial score (nSPS) is 13.0. The van der Waals surface area contributed by atoms with Crippen LogP contribution < -0.4 is 15.0 Å². The van der Waals surface area contributed by atoms with Crippen molar-refractivity contribution in [3.05, 3.63) is 95.6 Å². The Morgan fingerprint density at radius 1 is 0.947 bits per heavy atom. The first kappa shape index (κ1) is 31.1. The number of nitrogens with zero attached hydrogens (tertiary/aromatic N) is 1. The van der Waals surface area contributed by atoms with Gasteiger partial charge in [-0.2, -0.15) is 0 Å². The number of aliphatic hydroxyl groups excluding tert-OH is 1. The molecular weight excluding hydrogens is 496 g/mol. The molecule has 0 amide bonds. The third kappa shape index (κ3) is 6.87. The molecule has 5 rings (SSSR count). The van der Waals surface area contributed by atoms with Gasteiger partial charge in [0.2, 0.25) is 0 Å². The van der Waals surface area contributed by atoms with E-state index in [1.165, 1.54) is 38.0 Å². The summed E-state index contributed by atoms with van der Waals surface area (Å²) >= 11 is 1.77. The van der Waals surface area contributed by atoms with Crippen molar-refractivity contribution in [2.75, 3.05) is 31.4 Å². The lowest BCUT2D eigenvalue weighted by atomic mass is 10.0. The van der Waals surface area contributed by atoms with Gasteiger partial charge in [0.15, 0.2) is 0 Å². The van der Waals surface area contributed by atoms with Gasteiger partial charge < -0.3 is 31.0 Å². The summed E-state index contributed by atoms with van der Waals surface area (Å²) in [5, 5.41) is 13.3. The molecule has 0 aromatic heterocycles. The Labute approximate surface area is 231 Å². The highest BCUT2D eigenvalue weighted by atomic mass is 32.2. The van der Waals surface area contributed by atoms with E-state index in [0.717, 1.165) is 44.7 Å². The fourth-order valence-corrected chi connectivity index (χ4v) is 5.12. The van der Waals surface area contributed by atoms with Crippen LogP contribution in [-0.2, 0) is 6.54 Å². The summed E-state index contributed by atoms with van der Waals surface area (Å²) in [6.07, 6.45) is 3.10. The van der Waals surface area contributed by atoms with Crippen LogP contribution in [0.25, 0.3) is 10.8 Å². The largest absolute Gasteiger partial charge is 0.491 e. The fraction of sp³-hybridized carbons (Fsp3) is 0.290. The number of hydrogen-bond acceptors (Lipinski definition) is 5. The first-order chi connectivity index (χ1) is 17.6. The lowest BCUT2D eigenvalue weighted by Gasteiger charge is -2.27. The zero-order valence-corrected chi connectivity index (χ0v) is 23.4. The maximum atomic E-state index is 7.00. The second-order valence-electron chi connectivity index (χ2n) is 8.98. The molecule has 0 radical (unpaired) electrons. The van der Waals surface area contributed by atoms with Crippen molar-refractivity contribution >= 4 is 33.9 Å². The van der Waals surface area contributed by atoms with Crippen molar-refractivity contribution in [2.24, 2.45) is 0 Å². The van der Waals surface area contributed by atoms with Crippen LogP contribution in [0.4, 0.5) is 11.4 Å². The molecule has 0 aliphatic carbocycles. The molecule has 1 heterocycles. The van der Waals surface area contributed by atoms with Crippen LogP contribution in [0.3, 0.4) is 0 Å². The van der Waals surface area contributed by atoms with Crippen molar-refractivity contribution in [1.29, 1.82) is 0 Å². The average molecular weight is 539 g/mol. The molecule has 206 valence electrons. The molecule has 38 heavy (non-hydrogen) atoms. The first-order valence-corrected chi connectivity index (χ1v) is 13.7. The number of benzene rings is 4. The summed E-state index contributed by atoms with van der Waals surface area (Å²) in [4.78, 5) is 3.73. The first-order valence-electron chi connectivity index (χ1n) is 12.5. The number of aliphatic hydroxyl groups is 1. The van der Waals surface area contributed by atoms with E-state index in [2.05, 4.69) is 109 Å². The molecule has 6 nitrogen and oxygen atoms in total. The van der Waals surface area contributed by atoms with Crippen LogP contribution >= 0.6 is 11.8 Å². The van der Waals surface area contributed by atoms with Crippen LogP contribution in [0, 0.1) is 6.92 Å². The minimum Gasteiger partial charge on any atom is -0.491 e. The molecule has 0 bridgehead atoms. The van der Waals surface area contributed by atoms with E-state index in [4.69, 9.17) is 9.84 Å². The number of thioether (sulfide) groups is 1. The van der Waals surface area contributed by atoms with Crippen LogP contribution in [0.15, 0.2) is 83.8 Å². The molecule has 4 aromatic rings. The van der Waals surface area contributed by atoms with E-state index in [-0.39, 0.29) is 18.4 Å². The van der Waals surface area contributed by atoms with Gasteiger partial charge in [-0.15, -0.1) is 11.8 Å². The van der Waals surface area contributed by atoms with Gasteiger partial charge in [0.25, 0.3) is 0 Å². The number of anilines is 2. The highest BCUT2D eigenvalue weighted by Gasteiger charge is 2.21. The lowest BCUT2D eigenvalue weighted by Crippen LogP contribution is -2.19. The molecule has 0 saturated heterocycles. The van der Waals surface area contributed by atoms with Crippen LogP contribution in [0.5, 0.6) is 5.75 Å². The van der Waals surface area contributed by atoms with Crippen LogP contribution in [0.2, 0.25) is 0 Å². The summed E-state index contributed by atoms with van der Waals surface area (Å²) in [6, 6.07) is 28.9. The van der Waals surface area contributed by atoms with E-state index in [9.17, 15) is 0 Å². The standard InChI is InChI=1S/C30H32N2OS.CH4O.2H2O.H2/c1-21-9-15-28(27-8-5-4-7-26(21)27)32-17-6-18-33-30-19-24(12-16-29(30)32)22(2)31-20-23-10-13-25(34-3)14-11-23;1-2;;;/h4-5,7-16,19,22,31H,6,17-18,20H2,1-3H3;2H,1H3;2*1H2;1H. The van der Waals surface area contributed by atoms with Crippen molar-refractivity contribution < 1.29 is 22.2 Å². The smallest absolute Gasteiger partial charge is 0.143 e. The van der Waals surface area contributed by atoms with Crippen molar-refractivity contribution in [1.82, 2.24) is 5.32 Å². The maximum absolute atomic E-state index is 7.00. The van der Waals surface area contributed by atoms with Gasteiger partial charge in [0.05, 0.1) is 12.3 Å². The zero-order chi connectivity index (χ0) is 25.5. The number of aryl methyl sites for hydroxylation is 1. The number of fused-ring (bicyclic) bond motifs is 2. The molecule has 1 unspecified atom stereocenters. The van der Waals surface area contributed by atoms with Crippen molar-refractivity contribution in [3.63, 3.8) is 0 Å². The molecule has 7 heteroatoms. The summed E-state index contributed by atoms with van der Waals surface area (Å²) in [5.41, 5.74) is 6.25. The van der Waals surface area contributed by atoms with Crippen molar-refractivity contribution in [3.8, 4) is 5.75 Å². The number of hydrogen-bond donors (Lipinski definition) is 2. The lowest BCUT2D eigenvalue weighted by molar-refractivity contribution is 0.322. The van der Waals surface area contributed by atoms with Gasteiger partial charge in [-0.1, -0.05) is 48.5 Å². The van der Waals surface area contributed by atoms with E-state index >= 15 is 0 Å². The molecule has 0 fully saturated rings. The Hall–Kier alpha value is -3.07. The molecule has 6 N–H and O–H groups in total. The summed E-state index contributed by atoms with van der Waals surface area (Å²) in [6.45, 7) is 6.93. The van der Waals surface area contributed by atoms with Gasteiger partial charge >= 0.3 is 0 Å². The molecule has 0 spiro atoms. The summed E-state index contributed by atoms with van der Waals surface area (Å²) in [7, 11) is 1.00. The van der Waals surface area contributed by atoms with Crippen molar-refractivity contribution in [2.45, 2.75) is 37.8 Å². The molecule has 1 aliphatic heterocycles. The Balaban J connectivity index is 0.00000149. The number of ether oxygens (including phenoxy) is 1. The number of nitrogens with one attached hydrogen (secondary N) is 1. The van der Waals surface area contributed by atoms with Crippen LogP contribution in [0.1, 0.15) is 37.5 Å². The number of rotatable bonds is 6. The molecule has 1 atom stereocenters.